The minimum absolute atomic E-state index is 0.0307. The molecule has 2 aliphatic heterocycles. The zero-order valence-electron chi connectivity index (χ0n) is 23.3. The van der Waals surface area contributed by atoms with Crippen molar-refractivity contribution in [1.82, 2.24) is 0 Å². The van der Waals surface area contributed by atoms with E-state index in [0.717, 1.165) is 50.5 Å². The van der Waals surface area contributed by atoms with Gasteiger partial charge in [0.2, 0.25) is 0 Å². The Bertz CT molecular complexity index is 968. The van der Waals surface area contributed by atoms with E-state index in [1.54, 1.807) is 13.2 Å². The first-order valence-electron chi connectivity index (χ1n) is 14.8. The van der Waals surface area contributed by atoms with E-state index in [2.05, 4.69) is 13.8 Å². The molecule has 0 aromatic rings. The normalized spacial score (nSPS) is 54.5. The van der Waals surface area contributed by atoms with Crippen LogP contribution in [-0.2, 0) is 23.7 Å². The quantitative estimate of drug-likeness (QED) is 0.372. The van der Waals surface area contributed by atoms with Gasteiger partial charge < -0.3 is 34.3 Å². The third-order valence-electron chi connectivity index (χ3n) is 12.3. The van der Waals surface area contributed by atoms with Crippen LogP contribution in [0.5, 0.6) is 0 Å². The van der Waals surface area contributed by atoms with Crippen molar-refractivity contribution in [2.75, 3.05) is 13.7 Å². The molecule has 3 N–H and O–H groups in total. The van der Waals surface area contributed by atoms with E-state index < -0.39 is 23.2 Å². The summed E-state index contributed by atoms with van der Waals surface area (Å²) in [6.07, 6.45) is 7.04. The Balaban J connectivity index is 1.17. The number of hydrogen-bond donors (Lipinski definition) is 3. The maximum atomic E-state index is 12.4. The highest BCUT2D eigenvalue weighted by atomic mass is 16.7. The molecule has 8 nitrogen and oxygen atoms in total. The van der Waals surface area contributed by atoms with E-state index in [1.165, 1.54) is 0 Å². The lowest BCUT2D eigenvalue weighted by Gasteiger charge is -2.64. The van der Waals surface area contributed by atoms with Crippen LogP contribution in [0.25, 0.3) is 0 Å². The molecular formula is C30H46O8. The zero-order valence-corrected chi connectivity index (χ0v) is 23.3. The Morgan fingerprint density at radius 3 is 2.53 bits per heavy atom. The Morgan fingerprint density at radius 1 is 1.03 bits per heavy atom. The van der Waals surface area contributed by atoms with Gasteiger partial charge >= 0.3 is 5.97 Å². The highest BCUT2D eigenvalue weighted by Gasteiger charge is 2.71. The number of aliphatic hydroxyl groups excluding tert-OH is 2. The number of rotatable bonds is 4. The number of cyclic esters (lactones) is 1. The topological polar surface area (TPSA) is 115 Å². The maximum Gasteiger partial charge on any atom is 0.331 e. The number of hydrogen-bond acceptors (Lipinski definition) is 8. The molecule has 2 heterocycles. The minimum atomic E-state index is -1.16. The van der Waals surface area contributed by atoms with Gasteiger partial charge in [-0.3, -0.25) is 0 Å². The molecule has 1 saturated heterocycles. The standard InChI is InChI=1S/C30H46O8/c1-16-27(33)23(35-4)14-26(37-16)38-19-7-9-28(2)18(12-19)5-6-21-20(28)8-10-29(3)22(13-24(31)30(21,29)34)17-11-25(32)36-15-17/h11,16,18-24,26-27,31,33-34H,5-10,12-15H2,1-4H3/t16-,18+,19+,20+,21-,22-,23-,24+,26+,27+,28+,29-,30-/m1/s1. The Kier molecular flexibility index (Phi) is 6.80. The van der Waals surface area contributed by atoms with Gasteiger partial charge in [-0.15, -0.1) is 0 Å². The average Bonchev–Trinajstić information content (AvgIpc) is 3.40. The van der Waals surface area contributed by atoms with E-state index in [1.807, 2.05) is 6.92 Å². The molecule has 0 aromatic carbocycles. The summed E-state index contributed by atoms with van der Waals surface area (Å²) in [6.45, 7) is 6.70. The first-order chi connectivity index (χ1) is 18.0. The molecule has 0 spiro atoms. The van der Waals surface area contributed by atoms with Crippen LogP contribution in [0.4, 0.5) is 0 Å². The van der Waals surface area contributed by atoms with Gasteiger partial charge in [0.25, 0.3) is 0 Å². The molecule has 5 fully saturated rings. The van der Waals surface area contributed by atoms with Crippen molar-refractivity contribution >= 4 is 5.97 Å². The second kappa shape index (κ2) is 9.52. The number of carbonyl (C=O) groups excluding carboxylic acids is 1. The number of fused-ring (bicyclic) bond motifs is 5. The van der Waals surface area contributed by atoms with E-state index in [4.69, 9.17) is 18.9 Å². The van der Waals surface area contributed by atoms with Crippen LogP contribution in [-0.4, -0.2) is 77.4 Å². The van der Waals surface area contributed by atoms with Crippen LogP contribution < -0.4 is 0 Å². The van der Waals surface area contributed by atoms with Gasteiger partial charge in [0.05, 0.1) is 30.0 Å². The SMILES string of the molecule is CO[C@@H]1C[C@H](O[C@H]2CC[C@@]3(C)[C@@H](CC[C@@H]4[C@@H]3CC[C@]3(C)[C@@H](C5=CC(=O)OC5)C[C@H](O)[C@]43O)C2)O[C@H](C)[C@@H]1O. The molecule has 4 saturated carbocycles. The van der Waals surface area contributed by atoms with E-state index in [0.29, 0.717) is 24.7 Å². The van der Waals surface area contributed by atoms with Crippen molar-refractivity contribution in [2.24, 2.45) is 34.5 Å². The van der Waals surface area contributed by atoms with Gasteiger partial charge in [0, 0.05) is 25.0 Å². The lowest BCUT2D eigenvalue weighted by atomic mass is 9.43. The molecule has 6 rings (SSSR count). The summed E-state index contributed by atoms with van der Waals surface area (Å²) in [7, 11) is 1.62. The van der Waals surface area contributed by atoms with Crippen LogP contribution in [0.3, 0.4) is 0 Å². The number of ether oxygens (including phenoxy) is 4. The largest absolute Gasteiger partial charge is 0.458 e. The fourth-order valence-electron chi connectivity index (χ4n) is 10.1. The predicted octanol–water partition coefficient (Wildman–Crippen LogP) is 3.11. The highest BCUT2D eigenvalue weighted by molar-refractivity contribution is 5.85. The van der Waals surface area contributed by atoms with Gasteiger partial charge in [-0.1, -0.05) is 13.8 Å². The molecule has 0 amide bonds. The monoisotopic (exact) mass is 534 g/mol. The van der Waals surface area contributed by atoms with Crippen molar-refractivity contribution in [2.45, 2.75) is 121 Å². The molecule has 4 aliphatic carbocycles. The molecule has 0 unspecified atom stereocenters. The molecule has 6 aliphatic rings. The second-order valence-electron chi connectivity index (χ2n) is 13.7. The van der Waals surface area contributed by atoms with Crippen LogP contribution in [0.1, 0.15) is 78.6 Å². The summed E-state index contributed by atoms with van der Waals surface area (Å²) in [5.41, 5.74) is -0.592. The predicted molar refractivity (Wildman–Crippen MR) is 138 cm³/mol. The fourth-order valence-corrected chi connectivity index (χ4v) is 10.1. The Labute approximate surface area is 226 Å². The molecule has 13 atom stereocenters. The van der Waals surface area contributed by atoms with Crippen LogP contribution in [0.15, 0.2) is 11.6 Å². The molecule has 0 aromatic heterocycles. The highest BCUT2D eigenvalue weighted by Crippen LogP contribution is 2.70. The number of aliphatic hydroxyl groups is 3. The van der Waals surface area contributed by atoms with Crippen LogP contribution in [0.2, 0.25) is 0 Å². The lowest BCUT2D eigenvalue weighted by molar-refractivity contribution is -0.275. The number of methoxy groups -OCH3 is 1. The van der Waals surface area contributed by atoms with Crippen molar-refractivity contribution in [1.29, 1.82) is 0 Å². The average molecular weight is 535 g/mol. The maximum absolute atomic E-state index is 12.4. The van der Waals surface area contributed by atoms with Crippen LogP contribution >= 0.6 is 0 Å². The summed E-state index contributed by atoms with van der Waals surface area (Å²) in [6, 6.07) is 0. The molecule has 0 radical (unpaired) electrons. The van der Waals surface area contributed by atoms with Crippen molar-refractivity contribution in [3.63, 3.8) is 0 Å². The Hall–Kier alpha value is -1.03. The summed E-state index contributed by atoms with van der Waals surface area (Å²) in [4.78, 5) is 11.8. The summed E-state index contributed by atoms with van der Waals surface area (Å²) >= 11 is 0. The van der Waals surface area contributed by atoms with Crippen LogP contribution in [0, 0.1) is 34.5 Å². The summed E-state index contributed by atoms with van der Waals surface area (Å²) in [5, 5.41) is 34.1. The van der Waals surface area contributed by atoms with Gasteiger partial charge in [-0.05, 0) is 93.0 Å². The van der Waals surface area contributed by atoms with E-state index in [-0.39, 0.29) is 54.4 Å². The number of esters is 1. The number of carbonyl (C=O) groups is 1. The van der Waals surface area contributed by atoms with Gasteiger partial charge in [0.15, 0.2) is 6.29 Å². The molecule has 38 heavy (non-hydrogen) atoms. The molecule has 214 valence electrons. The van der Waals surface area contributed by atoms with Gasteiger partial charge in [-0.2, -0.15) is 0 Å². The van der Waals surface area contributed by atoms with Gasteiger partial charge in [0.1, 0.15) is 12.7 Å². The zero-order chi connectivity index (χ0) is 27.0. The minimum Gasteiger partial charge on any atom is -0.458 e. The van der Waals surface area contributed by atoms with Crippen molar-refractivity contribution in [3.05, 3.63) is 11.6 Å². The molecule has 8 heteroatoms. The fraction of sp³-hybridized carbons (Fsp3) is 0.900. The van der Waals surface area contributed by atoms with Crippen molar-refractivity contribution < 1.29 is 39.1 Å². The molecular weight excluding hydrogens is 488 g/mol. The summed E-state index contributed by atoms with van der Waals surface area (Å²) in [5.74, 6) is 0.555. The third kappa shape index (κ3) is 3.88. The smallest absolute Gasteiger partial charge is 0.331 e. The molecule has 0 bridgehead atoms. The van der Waals surface area contributed by atoms with E-state index >= 15 is 0 Å². The lowest BCUT2D eigenvalue weighted by Crippen LogP contribution is -2.65. The van der Waals surface area contributed by atoms with Crippen molar-refractivity contribution in [3.8, 4) is 0 Å². The first-order valence-corrected chi connectivity index (χ1v) is 14.8. The van der Waals surface area contributed by atoms with Gasteiger partial charge in [-0.25, -0.2) is 4.79 Å². The third-order valence-corrected chi connectivity index (χ3v) is 12.3. The summed E-state index contributed by atoms with van der Waals surface area (Å²) < 4.78 is 23.1. The Morgan fingerprint density at radius 2 is 1.82 bits per heavy atom. The van der Waals surface area contributed by atoms with E-state index in [9.17, 15) is 20.1 Å². The first kappa shape index (κ1) is 27.2. The second-order valence-corrected chi connectivity index (χ2v) is 13.7.